The lowest BCUT2D eigenvalue weighted by atomic mass is 9.69. The van der Waals surface area contributed by atoms with Gasteiger partial charge >= 0.3 is 6.01 Å². The number of aromatic nitrogens is 3. The standard InChI is InChI=1S/C41H38N10O4/c1-51-29-8-2-3-10-32(29)55-41(51)50-39-45-27-13-12-25(37(53)34(27)35(47-39)22-15-18-42-19-16-22)23-11-14-31-28(20-23)46-40(54-31)49-38-44-26-7-4-9-30(52)33(26)36(48-38)24-6-5-17-43-21-24/h2-3,5-6,8,10-11,14-21,25,27,34-36,41H,4,7,9,12-13H2,1H3,(H2,45,47,50)(H2,44,46,48,49). The molecule has 0 bridgehead atoms. The Labute approximate surface area is 316 Å². The second-order valence-corrected chi connectivity index (χ2v) is 14.5. The quantitative estimate of drug-likeness (QED) is 0.185. The number of allylic oxidation sites excluding steroid dienone is 1. The third kappa shape index (κ3) is 5.93. The molecule has 6 atom stereocenters. The molecule has 3 aliphatic heterocycles. The van der Waals surface area contributed by atoms with E-state index in [1.54, 1.807) is 24.8 Å². The van der Waals surface area contributed by atoms with Crippen molar-refractivity contribution in [2.75, 3.05) is 17.3 Å². The number of nitrogens with zero attached hydrogens (tertiary/aromatic N) is 6. The van der Waals surface area contributed by atoms with Gasteiger partial charge in [-0.05, 0) is 84.8 Å². The van der Waals surface area contributed by atoms with Gasteiger partial charge in [-0.25, -0.2) is 4.99 Å². The van der Waals surface area contributed by atoms with Crippen LogP contribution in [0.3, 0.4) is 0 Å². The number of carbonyl (C=O) groups excluding carboxylic acids is 2. The fourth-order valence-electron chi connectivity index (χ4n) is 8.60. The van der Waals surface area contributed by atoms with Gasteiger partial charge in [0, 0.05) is 61.5 Å². The molecule has 1 saturated heterocycles. The van der Waals surface area contributed by atoms with Crippen LogP contribution in [0.2, 0.25) is 0 Å². The van der Waals surface area contributed by atoms with Crippen molar-refractivity contribution in [1.82, 2.24) is 30.9 Å². The molecule has 6 unspecified atom stereocenters. The molecule has 2 fully saturated rings. The van der Waals surface area contributed by atoms with Crippen molar-refractivity contribution < 1.29 is 18.7 Å². The Hall–Kier alpha value is -6.57. The number of rotatable bonds is 5. The molecule has 0 radical (unpaired) electrons. The van der Waals surface area contributed by atoms with Crippen molar-refractivity contribution in [3.8, 4) is 5.75 Å². The van der Waals surface area contributed by atoms with Gasteiger partial charge in [-0.3, -0.25) is 24.9 Å². The number of pyridine rings is 2. The van der Waals surface area contributed by atoms with E-state index in [9.17, 15) is 9.59 Å². The molecular weight excluding hydrogens is 697 g/mol. The first-order valence-corrected chi connectivity index (χ1v) is 18.7. The maximum atomic E-state index is 14.6. The zero-order valence-electron chi connectivity index (χ0n) is 30.0. The summed E-state index contributed by atoms with van der Waals surface area (Å²) in [6.45, 7) is 0. The van der Waals surface area contributed by atoms with E-state index in [2.05, 4.69) is 31.2 Å². The molecule has 14 heteroatoms. The lowest BCUT2D eigenvalue weighted by Gasteiger charge is -2.45. The Bertz CT molecular complexity index is 2410. The number of para-hydroxylation sites is 2. The number of hydrogen-bond acceptors (Lipinski definition) is 12. The van der Waals surface area contributed by atoms with Crippen LogP contribution in [0.25, 0.3) is 11.1 Å². The number of guanidine groups is 2. The van der Waals surface area contributed by atoms with Gasteiger partial charge in [0.05, 0.1) is 17.6 Å². The number of hydrogen-bond donors (Lipinski definition) is 4. The van der Waals surface area contributed by atoms with Gasteiger partial charge in [0.25, 0.3) is 6.35 Å². The fourth-order valence-corrected chi connectivity index (χ4v) is 8.60. The average Bonchev–Trinajstić information content (AvgIpc) is 3.76. The van der Waals surface area contributed by atoms with Crippen LogP contribution < -0.4 is 30.9 Å². The summed E-state index contributed by atoms with van der Waals surface area (Å²) in [5, 5.41) is 13.6. The maximum absolute atomic E-state index is 14.6. The molecule has 5 aromatic rings. The Morgan fingerprint density at radius 1 is 0.909 bits per heavy atom. The Balaban J connectivity index is 0.900. The normalized spacial score (nSPS) is 26.6. The van der Waals surface area contributed by atoms with Crippen LogP contribution in [0, 0.1) is 5.92 Å². The third-order valence-corrected chi connectivity index (χ3v) is 11.3. The first-order chi connectivity index (χ1) is 27.0. The van der Waals surface area contributed by atoms with E-state index in [4.69, 9.17) is 24.1 Å². The predicted octanol–water partition coefficient (Wildman–Crippen LogP) is 5.27. The minimum atomic E-state index is -0.544. The van der Waals surface area contributed by atoms with Crippen molar-refractivity contribution in [2.45, 2.75) is 62.5 Å². The first kappa shape index (κ1) is 33.0. The number of ether oxygens (including phenoxy) is 1. The van der Waals surface area contributed by atoms with E-state index >= 15 is 0 Å². The predicted molar refractivity (Wildman–Crippen MR) is 205 cm³/mol. The lowest BCUT2D eigenvalue weighted by molar-refractivity contribution is -0.128. The van der Waals surface area contributed by atoms with Gasteiger partial charge in [-0.2, -0.15) is 9.98 Å². The Morgan fingerprint density at radius 3 is 2.65 bits per heavy atom. The number of anilines is 2. The number of ketones is 2. The summed E-state index contributed by atoms with van der Waals surface area (Å²) in [6.07, 6.45) is 9.86. The zero-order chi connectivity index (χ0) is 37.0. The number of Topliss-reactive ketones (excluding diaryl/α,β-unsaturated/α-hetero) is 2. The van der Waals surface area contributed by atoms with Crippen LogP contribution in [0.1, 0.15) is 66.8 Å². The molecule has 3 aromatic heterocycles. The average molecular weight is 735 g/mol. The van der Waals surface area contributed by atoms with E-state index in [0.29, 0.717) is 41.4 Å². The van der Waals surface area contributed by atoms with Crippen molar-refractivity contribution >= 4 is 46.3 Å². The van der Waals surface area contributed by atoms with Crippen LogP contribution in [-0.4, -0.2) is 57.9 Å². The molecular formula is C41H38N10O4. The van der Waals surface area contributed by atoms with Crippen LogP contribution in [0.5, 0.6) is 5.75 Å². The zero-order valence-corrected chi connectivity index (χ0v) is 30.0. The largest absolute Gasteiger partial charge is 0.448 e. The van der Waals surface area contributed by atoms with Gasteiger partial charge in [0.1, 0.15) is 23.1 Å². The fraction of sp³-hybridized carbons (Fsp3) is 0.293. The van der Waals surface area contributed by atoms with Crippen LogP contribution >= 0.6 is 0 Å². The highest BCUT2D eigenvalue weighted by Crippen LogP contribution is 2.43. The van der Waals surface area contributed by atoms with Crippen molar-refractivity contribution in [3.05, 3.63) is 119 Å². The van der Waals surface area contributed by atoms with E-state index in [1.807, 2.05) is 78.7 Å². The summed E-state index contributed by atoms with van der Waals surface area (Å²) < 4.78 is 12.3. The van der Waals surface area contributed by atoms with E-state index in [-0.39, 0.29) is 41.5 Å². The van der Waals surface area contributed by atoms with Gasteiger partial charge < -0.3 is 30.0 Å². The number of carbonyl (C=O) groups is 2. The summed E-state index contributed by atoms with van der Waals surface area (Å²) >= 11 is 0. The molecule has 5 aliphatic rings. The minimum absolute atomic E-state index is 0.0988. The number of oxazole rings is 1. The van der Waals surface area contributed by atoms with Crippen molar-refractivity contribution in [3.63, 3.8) is 0 Å². The number of benzene rings is 2. The summed E-state index contributed by atoms with van der Waals surface area (Å²) in [5.74, 6) is 1.37. The summed E-state index contributed by atoms with van der Waals surface area (Å²) in [6, 6.07) is 20.7. The van der Waals surface area contributed by atoms with E-state index < -0.39 is 12.4 Å². The molecule has 10 rings (SSSR count). The molecule has 14 nitrogen and oxygen atoms in total. The molecule has 2 aromatic carbocycles. The molecule has 276 valence electrons. The van der Waals surface area contributed by atoms with Crippen molar-refractivity contribution in [1.29, 1.82) is 0 Å². The molecule has 4 N–H and O–H groups in total. The monoisotopic (exact) mass is 734 g/mol. The summed E-state index contributed by atoms with van der Waals surface area (Å²) in [4.78, 5) is 52.6. The Morgan fingerprint density at radius 2 is 1.80 bits per heavy atom. The van der Waals surface area contributed by atoms with E-state index in [1.165, 1.54) is 0 Å². The van der Waals surface area contributed by atoms with Gasteiger partial charge in [0.15, 0.2) is 17.3 Å². The van der Waals surface area contributed by atoms with Crippen LogP contribution in [-0.2, 0) is 9.59 Å². The summed E-state index contributed by atoms with van der Waals surface area (Å²) in [7, 11) is 1.96. The third-order valence-electron chi connectivity index (χ3n) is 11.3. The van der Waals surface area contributed by atoms with E-state index in [0.717, 1.165) is 53.1 Å². The van der Waals surface area contributed by atoms with Crippen molar-refractivity contribution in [2.24, 2.45) is 15.9 Å². The number of aliphatic imine (C=N–C) groups is 2. The second-order valence-electron chi connectivity index (χ2n) is 14.5. The lowest BCUT2D eigenvalue weighted by Crippen LogP contribution is -2.62. The highest BCUT2D eigenvalue weighted by Gasteiger charge is 2.47. The minimum Gasteiger partial charge on any atom is -0.448 e. The van der Waals surface area contributed by atoms with Crippen LogP contribution in [0.4, 0.5) is 11.7 Å². The molecule has 0 amide bonds. The molecule has 1 saturated carbocycles. The van der Waals surface area contributed by atoms with Gasteiger partial charge in [-0.1, -0.05) is 24.3 Å². The smallest absolute Gasteiger partial charge is 0.302 e. The van der Waals surface area contributed by atoms with Crippen LogP contribution in [0.15, 0.2) is 117 Å². The Kier molecular flexibility index (Phi) is 8.03. The summed E-state index contributed by atoms with van der Waals surface area (Å²) in [5.41, 5.74) is 6.42. The number of nitrogens with one attached hydrogen (secondary N) is 4. The number of fused-ring (bicyclic) bond motifs is 3. The molecule has 0 spiro atoms. The van der Waals surface area contributed by atoms with Gasteiger partial charge in [0.2, 0.25) is 5.96 Å². The molecule has 2 aliphatic carbocycles. The SMILES string of the molecule is CN1c2ccccc2OC1/N=C1/NC2CCC(c3ccc4oc(NC5=NC(c6cccnc6)C6=C(CCCC6=O)N5)nc4c3)C(=O)C2C(c2ccncc2)N1. The highest BCUT2D eigenvalue weighted by molar-refractivity contribution is 6.03. The second kappa shape index (κ2) is 13.4. The topological polar surface area (TPSA) is 171 Å². The first-order valence-electron chi connectivity index (χ1n) is 18.7. The maximum Gasteiger partial charge on any atom is 0.302 e. The molecule has 55 heavy (non-hydrogen) atoms. The van der Waals surface area contributed by atoms with Gasteiger partial charge in [-0.15, -0.1) is 0 Å². The molecule has 6 heterocycles. The highest BCUT2D eigenvalue weighted by atomic mass is 16.5.